The van der Waals surface area contributed by atoms with Gasteiger partial charge in [0.25, 0.3) is 0 Å². The van der Waals surface area contributed by atoms with Crippen molar-refractivity contribution in [3.05, 3.63) is 23.8 Å². The predicted molar refractivity (Wildman–Crippen MR) is 72.3 cm³/mol. The normalized spacial score (nSPS) is 11.7. The highest BCUT2D eigenvalue weighted by Gasteiger charge is 2.16. The van der Waals surface area contributed by atoms with Crippen LogP contribution in [-0.4, -0.2) is 18.0 Å². The topological polar surface area (TPSA) is 64.3 Å². The first-order valence-corrected chi connectivity index (χ1v) is 5.61. The van der Waals surface area contributed by atoms with Crippen LogP contribution in [0.25, 0.3) is 0 Å². The minimum atomic E-state index is -0.480. The Balaban J connectivity index is 2.82. The maximum Gasteiger partial charge on any atom is 0.234 e. The maximum absolute atomic E-state index is 11.8. The highest BCUT2D eigenvalue weighted by molar-refractivity contribution is 7.80. The van der Waals surface area contributed by atoms with Crippen LogP contribution in [0, 0.1) is 12.8 Å². The lowest BCUT2D eigenvalue weighted by Gasteiger charge is -2.13. The monoisotopic (exact) mass is 252 g/mol. The third-order valence-corrected chi connectivity index (χ3v) is 2.87. The average molecular weight is 252 g/mol. The van der Waals surface area contributed by atoms with Crippen LogP contribution in [0.1, 0.15) is 12.5 Å². The van der Waals surface area contributed by atoms with Crippen LogP contribution in [0.4, 0.5) is 5.69 Å². The highest BCUT2D eigenvalue weighted by Crippen LogP contribution is 2.21. The van der Waals surface area contributed by atoms with E-state index in [1.807, 2.05) is 13.0 Å². The molecule has 0 radical (unpaired) electrons. The van der Waals surface area contributed by atoms with Gasteiger partial charge in [-0.3, -0.25) is 4.79 Å². The fourth-order valence-electron chi connectivity index (χ4n) is 1.27. The molecule has 0 saturated carbocycles. The Morgan fingerprint density at radius 2 is 2.18 bits per heavy atom. The SMILES string of the molecule is COc1ccc(NC(=O)C(C)C(N)=S)c(C)c1. The summed E-state index contributed by atoms with van der Waals surface area (Å²) in [6, 6.07) is 5.42. The number of methoxy groups -OCH3 is 1. The standard InChI is InChI=1S/C12H16N2O2S/c1-7-6-9(16-3)4-5-10(7)14-12(15)8(2)11(13)17/h4-6,8H,1-3H3,(H2,13,17)(H,14,15). The number of nitrogens with one attached hydrogen (secondary N) is 1. The number of anilines is 1. The number of rotatable bonds is 4. The number of nitrogens with two attached hydrogens (primary N) is 1. The van der Waals surface area contributed by atoms with Crippen molar-refractivity contribution in [2.75, 3.05) is 12.4 Å². The molecule has 92 valence electrons. The zero-order valence-corrected chi connectivity index (χ0v) is 10.9. The van der Waals surface area contributed by atoms with Gasteiger partial charge in [-0.15, -0.1) is 0 Å². The number of aryl methyl sites for hydroxylation is 1. The summed E-state index contributed by atoms with van der Waals surface area (Å²) < 4.78 is 5.09. The molecule has 5 heteroatoms. The van der Waals surface area contributed by atoms with Crippen molar-refractivity contribution in [1.82, 2.24) is 0 Å². The van der Waals surface area contributed by atoms with E-state index in [1.54, 1.807) is 26.2 Å². The van der Waals surface area contributed by atoms with Gasteiger partial charge in [0.05, 0.1) is 18.0 Å². The molecule has 1 rings (SSSR count). The summed E-state index contributed by atoms with van der Waals surface area (Å²) >= 11 is 4.78. The van der Waals surface area contributed by atoms with E-state index in [2.05, 4.69) is 5.32 Å². The fraction of sp³-hybridized carbons (Fsp3) is 0.333. The smallest absolute Gasteiger partial charge is 0.234 e. The molecule has 4 nitrogen and oxygen atoms in total. The molecular formula is C12H16N2O2S. The molecule has 0 aliphatic rings. The zero-order chi connectivity index (χ0) is 13.0. The van der Waals surface area contributed by atoms with E-state index in [0.717, 1.165) is 17.0 Å². The number of ether oxygens (including phenoxy) is 1. The molecule has 1 atom stereocenters. The van der Waals surface area contributed by atoms with Gasteiger partial charge in [0.15, 0.2) is 0 Å². The minimum absolute atomic E-state index is 0.189. The summed E-state index contributed by atoms with van der Waals surface area (Å²) in [6.45, 7) is 3.57. The summed E-state index contributed by atoms with van der Waals surface area (Å²) in [7, 11) is 1.60. The summed E-state index contributed by atoms with van der Waals surface area (Å²) in [5, 5.41) is 2.78. The van der Waals surface area contributed by atoms with Gasteiger partial charge < -0.3 is 15.8 Å². The Hall–Kier alpha value is -1.62. The fourth-order valence-corrected chi connectivity index (χ4v) is 1.38. The third kappa shape index (κ3) is 3.42. The van der Waals surface area contributed by atoms with Gasteiger partial charge in [0, 0.05) is 5.69 Å². The molecule has 0 aliphatic carbocycles. The summed E-state index contributed by atoms with van der Waals surface area (Å²) in [5.41, 5.74) is 7.08. The lowest BCUT2D eigenvalue weighted by atomic mass is 10.1. The molecule has 0 aliphatic heterocycles. The minimum Gasteiger partial charge on any atom is -0.497 e. The molecule has 0 bridgehead atoms. The van der Waals surface area contributed by atoms with Crippen molar-refractivity contribution in [1.29, 1.82) is 0 Å². The van der Waals surface area contributed by atoms with Crippen molar-refractivity contribution in [2.24, 2.45) is 11.7 Å². The van der Waals surface area contributed by atoms with E-state index in [0.29, 0.717) is 0 Å². The van der Waals surface area contributed by atoms with Crippen LogP contribution >= 0.6 is 12.2 Å². The lowest BCUT2D eigenvalue weighted by molar-refractivity contribution is -0.117. The van der Waals surface area contributed by atoms with E-state index in [4.69, 9.17) is 22.7 Å². The van der Waals surface area contributed by atoms with Crippen molar-refractivity contribution in [3.63, 3.8) is 0 Å². The molecule has 1 amide bonds. The summed E-state index contributed by atoms with van der Waals surface area (Å²) in [4.78, 5) is 11.9. The quantitative estimate of drug-likeness (QED) is 0.803. The molecule has 1 aromatic rings. The van der Waals surface area contributed by atoms with E-state index in [1.165, 1.54) is 0 Å². The Kier molecular flexibility index (Phi) is 4.45. The average Bonchev–Trinajstić information content (AvgIpc) is 2.30. The Labute approximate surface area is 106 Å². The number of amides is 1. The lowest BCUT2D eigenvalue weighted by Crippen LogP contribution is -2.31. The van der Waals surface area contributed by atoms with Crippen LogP contribution in [0.15, 0.2) is 18.2 Å². The van der Waals surface area contributed by atoms with Crippen molar-refractivity contribution in [3.8, 4) is 5.75 Å². The van der Waals surface area contributed by atoms with Gasteiger partial charge >= 0.3 is 0 Å². The Morgan fingerprint density at radius 1 is 1.53 bits per heavy atom. The molecule has 3 N–H and O–H groups in total. The second kappa shape index (κ2) is 5.63. The van der Waals surface area contributed by atoms with Gasteiger partial charge in [-0.1, -0.05) is 12.2 Å². The van der Waals surface area contributed by atoms with Crippen LogP contribution in [0.5, 0.6) is 5.75 Å². The number of hydrogen-bond donors (Lipinski definition) is 2. The second-order valence-corrected chi connectivity index (χ2v) is 4.27. The molecule has 0 spiro atoms. The van der Waals surface area contributed by atoms with Crippen molar-refractivity contribution < 1.29 is 9.53 Å². The van der Waals surface area contributed by atoms with Crippen LogP contribution in [0.3, 0.4) is 0 Å². The molecule has 0 saturated heterocycles. The Morgan fingerprint density at radius 3 is 2.65 bits per heavy atom. The first kappa shape index (κ1) is 13.4. The largest absolute Gasteiger partial charge is 0.497 e. The summed E-state index contributed by atoms with van der Waals surface area (Å²) in [5.74, 6) is 0.0696. The maximum atomic E-state index is 11.8. The van der Waals surface area contributed by atoms with Crippen LogP contribution in [0.2, 0.25) is 0 Å². The van der Waals surface area contributed by atoms with Crippen molar-refractivity contribution >= 4 is 28.8 Å². The highest BCUT2D eigenvalue weighted by atomic mass is 32.1. The van der Waals surface area contributed by atoms with Gasteiger partial charge in [0.1, 0.15) is 5.75 Å². The number of hydrogen-bond acceptors (Lipinski definition) is 3. The molecule has 0 aromatic heterocycles. The summed E-state index contributed by atoms with van der Waals surface area (Å²) in [6.07, 6.45) is 0. The van der Waals surface area contributed by atoms with Gasteiger partial charge in [-0.2, -0.15) is 0 Å². The Bertz CT molecular complexity index is 446. The molecule has 1 aromatic carbocycles. The number of carbonyl (C=O) groups is 1. The van der Waals surface area contributed by atoms with E-state index < -0.39 is 5.92 Å². The third-order valence-electron chi connectivity index (χ3n) is 2.51. The van der Waals surface area contributed by atoms with Gasteiger partial charge in [-0.05, 0) is 37.6 Å². The van der Waals surface area contributed by atoms with Crippen molar-refractivity contribution in [2.45, 2.75) is 13.8 Å². The molecular weight excluding hydrogens is 236 g/mol. The predicted octanol–water partition coefficient (Wildman–Crippen LogP) is 1.86. The van der Waals surface area contributed by atoms with E-state index in [9.17, 15) is 4.79 Å². The van der Waals surface area contributed by atoms with Crippen LogP contribution in [-0.2, 0) is 4.79 Å². The molecule has 0 heterocycles. The molecule has 0 fully saturated rings. The van der Waals surface area contributed by atoms with Crippen LogP contribution < -0.4 is 15.8 Å². The second-order valence-electron chi connectivity index (χ2n) is 3.79. The molecule has 1 unspecified atom stereocenters. The molecule has 17 heavy (non-hydrogen) atoms. The number of thiocarbonyl (C=S) groups is 1. The van der Waals surface area contributed by atoms with E-state index in [-0.39, 0.29) is 10.9 Å². The zero-order valence-electron chi connectivity index (χ0n) is 10.1. The van der Waals surface area contributed by atoms with Gasteiger partial charge in [-0.25, -0.2) is 0 Å². The van der Waals surface area contributed by atoms with Gasteiger partial charge in [0.2, 0.25) is 5.91 Å². The first-order valence-electron chi connectivity index (χ1n) is 5.20. The number of carbonyl (C=O) groups excluding carboxylic acids is 1. The number of benzene rings is 1. The first-order chi connectivity index (χ1) is 7.95. The van der Waals surface area contributed by atoms with E-state index >= 15 is 0 Å².